The van der Waals surface area contributed by atoms with Crippen LogP contribution in [0, 0.1) is 6.92 Å². The van der Waals surface area contributed by atoms with Gasteiger partial charge in [0.25, 0.3) is 5.91 Å². The summed E-state index contributed by atoms with van der Waals surface area (Å²) < 4.78 is 31.4. The number of amides is 1. The smallest absolute Gasteiger partial charge is 0.387 e. The van der Waals surface area contributed by atoms with E-state index in [0.29, 0.717) is 34.2 Å². The van der Waals surface area contributed by atoms with Crippen LogP contribution in [0.15, 0.2) is 35.8 Å². The molecule has 1 aliphatic rings. The van der Waals surface area contributed by atoms with Crippen molar-refractivity contribution in [3.8, 4) is 5.75 Å². The zero-order valence-electron chi connectivity index (χ0n) is 20.5. The Morgan fingerprint density at radius 1 is 1.19 bits per heavy atom. The average molecular weight is 518 g/mol. The Bertz CT molecular complexity index is 1230. The number of rotatable bonds is 8. The van der Waals surface area contributed by atoms with Gasteiger partial charge in [-0.15, -0.1) is 11.3 Å². The number of nitrogens with two attached hydrogens (primary N) is 1. The molecule has 12 heteroatoms. The van der Waals surface area contributed by atoms with Gasteiger partial charge in [-0.1, -0.05) is 0 Å². The van der Waals surface area contributed by atoms with Gasteiger partial charge >= 0.3 is 6.61 Å². The Morgan fingerprint density at radius 3 is 2.58 bits per heavy atom. The Morgan fingerprint density at radius 2 is 1.92 bits per heavy atom. The number of alkyl halides is 2. The molecule has 1 aliphatic heterocycles. The number of nitrogens with zero attached hydrogens (tertiary/aromatic N) is 4. The predicted octanol–water partition coefficient (Wildman–Crippen LogP) is 4.56. The fourth-order valence-electron chi connectivity index (χ4n) is 4.10. The number of thiophene rings is 1. The first kappa shape index (κ1) is 25.6. The van der Waals surface area contributed by atoms with Crippen LogP contribution in [0.4, 0.5) is 37.6 Å². The van der Waals surface area contributed by atoms with Gasteiger partial charge in [0, 0.05) is 48.7 Å². The number of benzene rings is 1. The fourth-order valence-corrected chi connectivity index (χ4v) is 4.80. The highest BCUT2D eigenvalue weighted by Gasteiger charge is 2.27. The lowest BCUT2D eigenvalue weighted by Crippen LogP contribution is -2.55. The second-order valence-corrected chi connectivity index (χ2v) is 9.75. The molecule has 4 rings (SSSR count). The average Bonchev–Trinajstić information content (AvgIpc) is 3.28. The summed E-state index contributed by atoms with van der Waals surface area (Å²) in [6.45, 7) is 4.63. The molecule has 9 nitrogen and oxygen atoms in total. The third kappa shape index (κ3) is 5.65. The van der Waals surface area contributed by atoms with Crippen LogP contribution >= 0.6 is 11.3 Å². The molecule has 0 spiro atoms. The number of piperazine rings is 1. The fraction of sp³-hybridized carbons (Fsp3) is 0.375. The Labute approximate surface area is 212 Å². The molecule has 3 heterocycles. The molecule has 4 N–H and O–H groups in total. The largest absolute Gasteiger partial charge is 0.433 e. The van der Waals surface area contributed by atoms with Gasteiger partial charge < -0.3 is 26.0 Å². The zero-order chi connectivity index (χ0) is 26.0. The SMILES string of the molecule is Cc1cnc(Nc2ccc(N3C[C@@H](C)N(C)[C@@H](C)C3)cc2OC(F)F)nc1Nc1ccsc1C(N)=O. The number of carbonyl (C=O) groups excluding carboxylic acids is 1. The summed E-state index contributed by atoms with van der Waals surface area (Å²) in [5, 5.41) is 7.82. The molecule has 1 saturated heterocycles. The van der Waals surface area contributed by atoms with Crippen LogP contribution in [0.2, 0.25) is 0 Å². The lowest BCUT2D eigenvalue weighted by molar-refractivity contribution is -0.0493. The number of likely N-dealkylation sites (N-methyl/N-ethyl adjacent to an activating group) is 1. The number of hydrogen-bond acceptors (Lipinski definition) is 9. The molecular formula is C24H29F2N7O2S. The van der Waals surface area contributed by atoms with E-state index in [4.69, 9.17) is 10.5 Å². The van der Waals surface area contributed by atoms with Crippen molar-refractivity contribution in [2.45, 2.75) is 39.5 Å². The van der Waals surface area contributed by atoms with Crippen LogP contribution in [0.1, 0.15) is 29.1 Å². The standard InChI is InChI=1S/C24H29F2N7O2S/c1-13-10-28-24(31-22(13)29-18-7-8-36-20(18)21(27)34)30-17-6-5-16(9-19(17)35-23(25)26)33-11-14(2)32(4)15(3)12-33/h5-10,14-15,23H,11-12H2,1-4H3,(H2,27,34)(H2,28,29,30,31)/t14-,15+. The second-order valence-electron chi connectivity index (χ2n) is 8.83. The molecule has 192 valence electrons. The molecule has 0 unspecified atom stereocenters. The van der Waals surface area contributed by atoms with Crippen LogP contribution in [-0.4, -0.2) is 59.6 Å². The van der Waals surface area contributed by atoms with Crippen LogP contribution < -0.4 is 26.0 Å². The van der Waals surface area contributed by atoms with Crippen molar-refractivity contribution in [3.63, 3.8) is 0 Å². The summed E-state index contributed by atoms with van der Waals surface area (Å²) in [5.41, 5.74) is 7.79. The zero-order valence-corrected chi connectivity index (χ0v) is 21.3. The van der Waals surface area contributed by atoms with E-state index < -0.39 is 12.5 Å². The van der Waals surface area contributed by atoms with Crippen LogP contribution in [0.5, 0.6) is 5.75 Å². The third-order valence-corrected chi connectivity index (χ3v) is 7.20. The van der Waals surface area contributed by atoms with Crippen LogP contribution in [0.25, 0.3) is 0 Å². The summed E-state index contributed by atoms with van der Waals surface area (Å²) in [7, 11) is 2.09. The maximum atomic E-state index is 13.3. The predicted molar refractivity (Wildman–Crippen MR) is 138 cm³/mol. The first-order valence-corrected chi connectivity index (χ1v) is 12.3. The molecule has 0 radical (unpaired) electrons. The van der Waals surface area contributed by atoms with Crippen LogP contribution in [0.3, 0.4) is 0 Å². The minimum Gasteiger partial charge on any atom is -0.433 e. The van der Waals surface area contributed by atoms with E-state index in [1.165, 1.54) is 11.3 Å². The number of anilines is 5. The van der Waals surface area contributed by atoms with Gasteiger partial charge in [0.1, 0.15) is 10.7 Å². The summed E-state index contributed by atoms with van der Waals surface area (Å²) in [6.07, 6.45) is 1.59. The van der Waals surface area contributed by atoms with Gasteiger partial charge in [-0.3, -0.25) is 9.69 Å². The van der Waals surface area contributed by atoms with E-state index in [1.807, 2.05) is 6.07 Å². The maximum absolute atomic E-state index is 13.3. The summed E-state index contributed by atoms with van der Waals surface area (Å²) in [4.78, 5) is 25.2. The van der Waals surface area contributed by atoms with Crippen LogP contribution in [-0.2, 0) is 0 Å². The highest BCUT2D eigenvalue weighted by atomic mass is 32.1. The number of aromatic nitrogens is 2. The number of ether oxygens (including phenoxy) is 1. The second kappa shape index (κ2) is 10.6. The molecule has 0 saturated carbocycles. The van der Waals surface area contributed by atoms with Crippen molar-refractivity contribution in [2.75, 3.05) is 35.7 Å². The lowest BCUT2D eigenvalue weighted by atomic mass is 10.1. The van der Waals surface area contributed by atoms with Crippen molar-refractivity contribution < 1.29 is 18.3 Å². The molecule has 1 aromatic carbocycles. The summed E-state index contributed by atoms with van der Waals surface area (Å²) in [6, 6.07) is 7.52. The third-order valence-electron chi connectivity index (χ3n) is 6.27. The van der Waals surface area contributed by atoms with Crippen molar-refractivity contribution in [2.24, 2.45) is 5.73 Å². The van der Waals surface area contributed by atoms with E-state index in [9.17, 15) is 13.6 Å². The maximum Gasteiger partial charge on any atom is 0.387 e. The Kier molecular flexibility index (Phi) is 7.55. The first-order chi connectivity index (χ1) is 17.1. The van der Waals surface area contributed by atoms with Crippen molar-refractivity contribution in [1.82, 2.24) is 14.9 Å². The number of carbonyl (C=O) groups is 1. The van der Waals surface area contributed by atoms with E-state index in [-0.39, 0.29) is 11.7 Å². The van der Waals surface area contributed by atoms with E-state index in [0.717, 1.165) is 24.3 Å². The topological polar surface area (TPSA) is 109 Å². The Balaban J connectivity index is 1.59. The van der Waals surface area contributed by atoms with Gasteiger partial charge in [-0.2, -0.15) is 13.8 Å². The highest BCUT2D eigenvalue weighted by Crippen LogP contribution is 2.34. The minimum atomic E-state index is -2.99. The molecule has 36 heavy (non-hydrogen) atoms. The lowest BCUT2D eigenvalue weighted by Gasteiger charge is -2.43. The first-order valence-electron chi connectivity index (χ1n) is 11.4. The Hall–Kier alpha value is -3.51. The number of aryl methyl sites for hydroxylation is 1. The molecule has 1 fully saturated rings. The van der Waals surface area contributed by atoms with Crippen molar-refractivity contribution in [1.29, 1.82) is 0 Å². The molecule has 0 aliphatic carbocycles. The van der Waals surface area contributed by atoms with Gasteiger partial charge in [0.15, 0.2) is 5.75 Å². The molecule has 1 amide bonds. The van der Waals surface area contributed by atoms with Crippen molar-refractivity contribution >= 4 is 46.1 Å². The van der Waals surface area contributed by atoms with E-state index >= 15 is 0 Å². The minimum absolute atomic E-state index is 0.00531. The molecule has 2 atom stereocenters. The number of primary amides is 1. The van der Waals surface area contributed by atoms with E-state index in [2.05, 4.69) is 51.3 Å². The number of halogens is 2. The number of hydrogen-bond donors (Lipinski definition) is 3. The van der Waals surface area contributed by atoms with Gasteiger partial charge in [-0.05, 0) is 51.4 Å². The van der Waals surface area contributed by atoms with Gasteiger partial charge in [0.2, 0.25) is 5.95 Å². The molecular weight excluding hydrogens is 488 g/mol. The monoisotopic (exact) mass is 517 g/mol. The van der Waals surface area contributed by atoms with E-state index in [1.54, 1.807) is 36.7 Å². The number of nitrogens with one attached hydrogen (secondary N) is 2. The molecule has 3 aromatic rings. The van der Waals surface area contributed by atoms with Gasteiger partial charge in [-0.25, -0.2) is 4.98 Å². The summed E-state index contributed by atoms with van der Waals surface area (Å²) in [5.74, 6) is 0.0688. The quantitative estimate of drug-likeness (QED) is 0.399. The van der Waals surface area contributed by atoms with Crippen molar-refractivity contribution in [3.05, 3.63) is 46.3 Å². The summed E-state index contributed by atoms with van der Waals surface area (Å²) >= 11 is 1.22. The normalized spacial score (nSPS) is 18.4. The van der Waals surface area contributed by atoms with Gasteiger partial charge in [0.05, 0.1) is 11.4 Å². The molecule has 0 bridgehead atoms. The highest BCUT2D eigenvalue weighted by molar-refractivity contribution is 7.12. The molecule has 2 aromatic heterocycles.